The lowest BCUT2D eigenvalue weighted by atomic mass is 9.97. The van der Waals surface area contributed by atoms with Gasteiger partial charge in [0.15, 0.2) is 0 Å². The van der Waals surface area contributed by atoms with Gasteiger partial charge in [0.25, 0.3) is 5.56 Å². The van der Waals surface area contributed by atoms with E-state index in [9.17, 15) is 35.9 Å². The number of carbonyl (C=O) groups excluding carboxylic acids is 1. The lowest BCUT2D eigenvalue weighted by molar-refractivity contribution is -0.119. The van der Waals surface area contributed by atoms with Crippen LogP contribution in [0.1, 0.15) is 44.5 Å². The molecule has 1 aliphatic rings. The Hall–Kier alpha value is -5.19. The van der Waals surface area contributed by atoms with Crippen molar-refractivity contribution in [3.63, 3.8) is 0 Å². The van der Waals surface area contributed by atoms with Gasteiger partial charge in [-0.05, 0) is 43.2 Å². The van der Waals surface area contributed by atoms with E-state index in [1.54, 1.807) is 6.92 Å². The van der Waals surface area contributed by atoms with Crippen molar-refractivity contribution in [2.75, 3.05) is 10.3 Å². The molecule has 5 N–H and O–H groups in total. The van der Waals surface area contributed by atoms with Crippen LogP contribution in [0.3, 0.4) is 0 Å². The minimum Gasteiger partial charge on any atom is -0.393 e. The Labute approximate surface area is 257 Å². The zero-order valence-electron chi connectivity index (χ0n) is 24.0. The van der Waals surface area contributed by atoms with Crippen LogP contribution in [0.4, 0.5) is 37.7 Å². The number of hydrogen-bond acceptors (Lipinski definition) is 8. The zero-order valence-corrected chi connectivity index (χ0v) is 24.0. The molecule has 0 radical (unpaired) electrons. The predicted molar refractivity (Wildman–Crippen MR) is 155 cm³/mol. The summed E-state index contributed by atoms with van der Waals surface area (Å²) in [5.41, 5.74) is 3.31. The molecule has 1 amide bonds. The lowest BCUT2D eigenvalue weighted by Gasteiger charge is -2.23. The average Bonchev–Trinajstić information content (AvgIpc) is 3.42. The number of pyridine rings is 1. The topological polar surface area (TPSA) is 150 Å². The maximum absolute atomic E-state index is 14.1. The number of nitrogens with one attached hydrogen (secondary N) is 1. The molecule has 4 heterocycles. The van der Waals surface area contributed by atoms with Crippen LogP contribution in [-0.2, 0) is 4.79 Å². The van der Waals surface area contributed by atoms with Crippen molar-refractivity contribution in [3.8, 4) is 22.5 Å². The van der Waals surface area contributed by atoms with Crippen LogP contribution in [-0.4, -0.2) is 36.4 Å². The summed E-state index contributed by atoms with van der Waals surface area (Å²) in [6, 6.07) is 6.41. The van der Waals surface area contributed by atoms with E-state index in [0.29, 0.717) is 40.8 Å². The molecule has 0 saturated heterocycles. The van der Waals surface area contributed by atoms with Gasteiger partial charge in [-0.15, -0.1) is 0 Å². The summed E-state index contributed by atoms with van der Waals surface area (Å²) >= 11 is 0. The van der Waals surface area contributed by atoms with Crippen LogP contribution in [0.5, 0.6) is 0 Å². The van der Waals surface area contributed by atoms with E-state index in [-0.39, 0.29) is 39.8 Å². The van der Waals surface area contributed by atoms with Gasteiger partial charge in [0.1, 0.15) is 11.5 Å². The maximum Gasteiger partial charge on any atom is 0.432 e. The monoisotopic (exact) mass is 647 g/mol. The third-order valence-electron chi connectivity index (χ3n) is 7.49. The van der Waals surface area contributed by atoms with Gasteiger partial charge < -0.3 is 11.1 Å². The molecule has 242 valence electrons. The molecule has 2 atom stereocenters. The molecule has 2 bridgehead atoms. The van der Waals surface area contributed by atoms with Crippen LogP contribution < -0.4 is 27.5 Å². The molecule has 1 aromatic carbocycles. The number of aromatic nitrogens is 5. The third-order valence-corrected chi connectivity index (χ3v) is 7.49. The second-order valence-corrected chi connectivity index (χ2v) is 10.6. The fourth-order valence-electron chi connectivity index (χ4n) is 5.12. The summed E-state index contributed by atoms with van der Waals surface area (Å²) in [5.74, 6) is 4.07. The van der Waals surface area contributed by atoms with Gasteiger partial charge in [-0.3, -0.25) is 24.1 Å². The normalized spacial score (nSPS) is 17.6. The Morgan fingerprint density at radius 3 is 2.59 bits per heavy atom. The highest BCUT2D eigenvalue weighted by Crippen LogP contribution is 2.35. The molecule has 17 heteroatoms. The number of allylic oxidation sites excluding steroid dienone is 1. The molecule has 1 aliphatic heterocycles. The Morgan fingerprint density at radius 1 is 1.13 bits per heavy atom. The molecular weight excluding hydrogens is 620 g/mol. The summed E-state index contributed by atoms with van der Waals surface area (Å²) in [5, 5.41) is 6.90. The predicted octanol–water partition coefficient (Wildman–Crippen LogP) is 5.09. The Balaban J connectivity index is 1.58. The van der Waals surface area contributed by atoms with Crippen LogP contribution in [0.2, 0.25) is 0 Å². The number of benzene rings is 1. The number of carbonyl (C=O) groups is 1. The third kappa shape index (κ3) is 6.58. The number of alkyl halides is 5. The number of halogens is 6. The summed E-state index contributed by atoms with van der Waals surface area (Å²) in [7, 11) is 0. The van der Waals surface area contributed by atoms with E-state index in [1.807, 2.05) is 0 Å². The molecule has 0 saturated carbocycles. The van der Waals surface area contributed by atoms with Crippen molar-refractivity contribution in [2.45, 2.75) is 45.0 Å². The number of nitrogens with two attached hydrogens (primary N) is 2. The molecule has 0 spiro atoms. The molecule has 11 nitrogen and oxygen atoms in total. The van der Waals surface area contributed by atoms with E-state index in [0.717, 1.165) is 24.4 Å². The number of amides is 1. The summed E-state index contributed by atoms with van der Waals surface area (Å²) in [4.78, 5) is 35.2. The van der Waals surface area contributed by atoms with Crippen LogP contribution in [0.15, 0.2) is 71.8 Å². The highest BCUT2D eigenvalue weighted by atomic mass is 19.4. The van der Waals surface area contributed by atoms with Crippen molar-refractivity contribution in [2.24, 2.45) is 17.5 Å². The quantitative estimate of drug-likeness (QED) is 0.154. The smallest absolute Gasteiger partial charge is 0.393 e. The van der Waals surface area contributed by atoms with Crippen molar-refractivity contribution in [3.05, 3.63) is 88.9 Å². The molecule has 4 aromatic rings. The Bertz CT molecular complexity index is 1850. The first-order valence-electron chi connectivity index (χ1n) is 13.8. The molecule has 3 aromatic heterocycles. The van der Waals surface area contributed by atoms with Crippen molar-refractivity contribution < 1.29 is 31.1 Å². The highest BCUT2D eigenvalue weighted by Gasteiger charge is 2.32. The van der Waals surface area contributed by atoms with Gasteiger partial charge >= 0.3 is 12.7 Å². The number of fused-ring (bicyclic) bond motifs is 4. The first kappa shape index (κ1) is 32.2. The van der Waals surface area contributed by atoms with Gasteiger partial charge in [-0.1, -0.05) is 13.3 Å². The molecule has 0 aliphatic carbocycles. The van der Waals surface area contributed by atoms with Crippen LogP contribution in [0, 0.1) is 11.7 Å². The van der Waals surface area contributed by atoms with E-state index in [4.69, 9.17) is 11.6 Å². The van der Waals surface area contributed by atoms with Crippen LogP contribution in [0.25, 0.3) is 22.5 Å². The second-order valence-electron chi connectivity index (χ2n) is 10.6. The maximum atomic E-state index is 14.1. The molecular formula is C29H27F6N9O2. The number of rotatable bonds is 5. The van der Waals surface area contributed by atoms with Gasteiger partial charge in [0.05, 0.1) is 47.0 Å². The van der Waals surface area contributed by atoms with Crippen molar-refractivity contribution >= 4 is 17.3 Å². The van der Waals surface area contributed by atoms with Crippen molar-refractivity contribution in [1.29, 1.82) is 0 Å². The van der Waals surface area contributed by atoms with Gasteiger partial charge in [0.2, 0.25) is 5.91 Å². The van der Waals surface area contributed by atoms with E-state index in [2.05, 4.69) is 20.4 Å². The van der Waals surface area contributed by atoms with Gasteiger partial charge in [0, 0.05) is 35.5 Å². The fraction of sp³-hybridized carbons (Fsp3) is 0.276. The van der Waals surface area contributed by atoms with Crippen LogP contribution >= 0.6 is 0 Å². The number of hydrogen-bond donors (Lipinski definition) is 3. The highest BCUT2D eigenvalue weighted by molar-refractivity contribution is 5.95. The summed E-state index contributed by atoms with van der Waals surface area (Å²) < 4.78 is 82.7. The molecule has 46 heavy (non-hydrogen) atoms. The second kappa shape index (κ2) is 12.7. The average molecular weight is 648 g/mol. The molecule has 0 fully saturated rings. The fourth-order valence-corrected chi connectivity index (χ4v) is 5.12. The number of anilines is 2. The summed E-state index contributed by atoms with van der Waals surface area (Å²) in [6.07, 6.45) is 0.342. The molecule has 5 rings (SSSR count). The Kier molecular flexibility index (Phi) is 8.87. The van der Waals surface area contributed by atoms with Crippen molar-refractivity contribution in [1.82, 2.24) is 24.3 Å². The first-order valence-corrected chi connectivity index (χ1v) is 13.8. The largest absolute Gasteiger partial charge is 0.432 e. The SMILES string of the molecule is CC1CCCC(n2cnc(-c3ccc(F)cc3N(N)/C=C(\N)C(F)(F)F)cc2=O)c2cc(ccn2)-c2c(cnn2C(F)F)NC1=O. The first-order chi connectivity index (χ1) is 21.7. The molecule has 2 unspecified atom stereocenters. The number of nitrogens with zero attached hydrogens (tertiary/aromatic N) is 6. The lowest BCUT2D eigenvalue weighted by Crippen LogP contribution is -2.30. The van der Waals surface area contributed by atoms with Gasteiger partial charge in [-0.25, -0.2) is 19.9 Å². The number of hydrazine groups is 1. The Morgan fingerprint density at radius 2 is 1.89 bits per heavy atom. The minimum absolute atomic E-state index is 0.0312. The standard InChI is InChI=1S/C29H27F6N9O2/c1-15-3-2-4-22(20-9-16(7-8-38-20)26-21(41-27(15)46)12-40-44(26)28(31)32)42-14-39-19(11-25(42)45)18-6-5-17(30)10-23(18)43(37)13-24(36)29(33,34)35/h5-15,22,28H,2-4,36-37H2,1H3,(H,41,46)/b24-13-. The minimum atomic E-state index is -4.90. The van der Waals surface area contributed by atoms with E-state index >= 15 is 0 Å². The van der Waals surface area contributed by atoms with E-state index < -0.39 is 41.8 Å². The van der Waals surface area contributed by atoms with Gasteiger partial charge in [-0.2, -0.15) is 27.1 Å². The van der Waals surface area contributed by atoms with E-state index in [1.165, 1.54) is 35.3 Å². The zero-order chi connectivity index (χ0) is 33.3. The summed E-state index contributed by atoms with van der Waals surface area (Å²) in [6.45, 7) is -1.33.